The number of ether oxygens (including phenoxy) is 1. The number of nitrogens with one attached hydrogen (secondary N) is 2. The zero-order valence-electron chi connectivity index (χ0n) is 14.6. The summed E-state index contributed by atoms with van der Waals surface area (Å²) in [5.74, 6) is -1.88. The Morgan fingerprint density at radius 1 is 1.36 bits per heavy atom. The van der Waals surface area contributed by atoms with Crippen LogP contribution in [0.2, 0.25) is 0 Å². The molecule has 1 unspecified atom stereocenters. The molecule has 0 saturated heterocycles. The van der Waals surface area contributed by atoms with E-state index in [9.17, 15) is 19.1 Å². The lowest BCUT2D eigenvalue weighted by atomic mass is 10.1. The van der Waals surface area contributed by atoms with Gasteiger partial charge in [0.25, 0.3) is 0 Å². The van der Waals surface area contributed by atoms with Gasteiger partial charge in [-0.3, -0.25) is 4.79 Å². The number of fused-ring (bicyclic) bond motifs is 1. The maximum Gasteiger partial charge on any atom is 0.326 e. The smallest absolute Gasteiger partial charge is 0.326 e. The van der Waals surface area contributed by atoms with Gasteiger partial charge in [-0.1, -0.05) is 0 Å². The fourth-order valence-electron chi connectivity index (χ4n) is 2.46. The number of rotatable bonds is 7. The van der Waals surface area contributed by atoms with Crippen LogP contribution in [0.5, 0.6) is 0 Å². The van der Waals surface area contributed by atoms with Crippen LogP contribution in [0.25, 0.3) is 10.9 Å². The van der Waals surface area contributed by atoms with E-state index in [0.717, 1.165) is 5.39 Å². The largest absolute Gasteiger partial charge is 0.480 e. The number of aromatic amines is 1. The molecular weight excluding hydrogens is 327 g/mol. The molecule has 1 amide bonds. The second-order valence-corrected chi connectivity index (χ2v) is 6.89. The van der Waals surface area contributed by atoms with Crippen molar-refractivity contribution in [2.24, 2.45) is 0 Å². The molecule has 6 nitrogen and oxygen atoms in total. The average molecular weight is 350 g/mol. The topological polar surface area (TPSA) is 91.4 Å². The van der Waals surface area contributed by atoms with Gasteiger partial charge in [-0.25, -0.2) is 9.18 Å². The average Bonchev–Trinajstić information content (AvgIpc) is 2.86. The molecule has 3 N–H and O–H groups in total. The third-order valence-electron chi connectivity index (χ3n) is 3.66. The number of aromatic nitrogens is 1. The fraction of sp³-hybridized carbons (Fsp3) is 0.444. The number of amides is 1. The number of H-pyrrole nitrogens is 1. The number of carbonyl (C=O) groups excluding carboxylic acids is 1. The minimum atomic E-state index is -1.10. The normalized spacial score (nSPS) is 13.0. The SMILES string of the molecule is CC(C)(C)OCCC(NC(=O)Cc1c[nH]c2cc(F)ccc12)C(=O)O. The third-order valence-corrected chi connectivity index (χ3v) is 3.66. The second kappa shape index (κ2) is 7.65. The van der Waals surface area contributed by atoms with Crippen molar-refractivity contribution in [3.05, 3.63) is 35.8 Å². The highest BCUT2D eigenvalue weighted by Crippen LogP contribution is 2.19. The minimum absolute atomic E-state index is 0.00946. The molecule has 0 saturated carbocycles. The van der Waals surface area contributed by atoms with Gasteiger partial charge in [0.2, 0.25) is 5.91 Å². The molecule has 0 spiro atoms. The van der Waals surface area contributed by atoms with E-state index in [-0.39, 0.29) is 30.9 Å². The second-order valence-electron chi connectivity index (χ2n) is 6.89. The zero-order valence-corrected chi connectivity index (χ0v) is 14.6. The van der Waals surface area contributed by atoms with Crippen LogP contribution in [0.4, 0.5) is 4.39 Å². The van der Waals surface area contributed by atoms with Gasteiger partial charge in [0, 0.05) is 30.1 Å². The number of aliphatic carboxylic acids is 1. The van der Waals surface area contributed by atoms with E-state index < -0.39 is 17.9 Å². The molecule has 2 rings (SSSR count). The highest BCUT2D eigenvalue weighted by Gasteiger charge is 2.21. The van der Waals surface area contributed by atoms with Crippen LogP contribution in [0.1, 0.15) is 32.8 Å². The molecule has 0 aliphatic rings. The summed E-state index contributed by atoms with van der Waals surface area (Å²) < 4.78 is 18.7. The molecular formula is C18H23FN2O4. The van der Waals surface area contributed by atoms with E-state index in [1.165, 1.54) is 12.1 Å². The first-order chi connectivity index (χ1) is 11.7. The number of hydrogen-bond donors (Lipinski definition) is 3. The molecule has 0 bridgehead atoms. The summed E-state index contributed by atoms with van der Waals surface area (Å²) in [6, 6.07) is 3.25. The van der Waals surface area contributed by atoms with Crippen molar-refractivity contribution in [3.8, 4) is 0 Å². The first kappa shape index (κ1) is 18.9. The highest BCUT2D eigenvalue weighted by atomic mass is 19.1. The van der Waals surface area contributed by atoms with Crippen LogP contribution in [-0.2, 0) is 20.7 Å². The summed E-state index contributed by atoms with van der Waals surface area (Å²) in [5.41, 5.74) is 0.908. The Morgan fingerprint density at radius 2 is 2.08 bits per heavy atom. The molecule has 0 aliphatic heterocycles. The maximum atomic E-state index is 13.2. The summed E-state index contributed by atoms with van der Waals surface area (Å²) in [4.78, 5) is 26.4. The molecule has 2 aromatic rings. The molecule has 136 valence electrons. The van der Waals surface area contributed by atoms with Gasteiger partial charge < -0.3 is 20.1 Å². The summed E-state index contributed by atoms with van der Waals surface area (Å²) in [6.45, 7) is 5.86. The zero-order chi connectivity index (χ0) is 18.6. The monoisotopic (exact) mass is 350 g/mol. The standard InChI is InChI=1S/C18H23FN2O4/c1-18(2,3)25-7-6-14(17(23)24)21-16(22)8-11-10-20-15-9-12(19)4-5-13(11)15/h4-5,9-10,14,20H,6-8H2,1-3H3,(H,21,22)(H,23,24). The predicted octanol–water partition coefficient (Wildman–Crippen LogP) is 2.62. The first-order valence-corrected chi connectivity index (χ1v) is 8.07. The van der Waals surface area contributed by atoms with E-state index in [4.69, 9.17) is 4.74 Å². The van der Waals surface area contributed by atoms with Gasteiger partial charge in [-0.15, -0.1) is 0 Å². The number of halogens is 1. The molecule has 0 aliphatic carbocycles. The lowest BCUT2D eigenvalue weighted by Gasteiger charge is -2.21. The molecule has 0 radical (unpaired) electrons. The summed E-state index contributed by atoms with van der Waals surface area (Å²) in [5, 5.41) is 12.5. The first-order valence-electron chi connectivity index (χ1n) is 8.07. The van der Waals surface area contributed by atoms with E-state index in [0.29, 0.717) is 11.1 Å². The molecule has 1 aromatic carbocycles. The van der Waals surface area contributed by atoms with Gasteiger partial charge in [-0.2, -0.15) is 0 Å². The Bertz CT molecular complexity index is 764. The molecule has 1 aromatic heterocycles. The third kappa shape index (κ3) is 5.56. The van der Waals surface area contributed by atoms with Crippen molar-refractivity contribution < 1.29 is 23.8 Å². The number of carbonyl (C=O) groups is 2. The van der Waals surface area contributed by atoms with Crippen molar-refractivity contribution in [2.45, 2.75) is 45.3 Å². The van der Waals surface area contributed by atoms with Crippen LogP contribution >= 0.6 is 0 Å². The number of benzene rings is 1. The van der Waals surface area contributed by atoms with Crippen LogP contribution < -0.4 is 5.32 Å². The van der Waals surface area contributed by atoms with Gasteiger partial charge in [0.1, 0.15) is 11.9 Å². The van der Waals surface area contributed by atoms with E-state index in [1.807, 2.05) is 20.8 Å². The summed E-state index contributed by atoms with van der Waals surface area (Å²) in [6.07, 6.45) is 1.81. The van der Waals surface area contributed by atoms with Gasteiger partial charge in [0.15, 0.2) is 0 Å². The minimum Gasteiger partial charge on any atom is -0.480 e. The maximum absolute atomic E-state index is 13.2. The Morgan fingerprint density at radius 3 is 2.72 bits per heavy atom. The molecule has 25 heavy (non-hydrogen) atoms. The van der Waals surface area contributed by atoms with Crippen molar-refractivity contribution >= 4 is 22.8 Å². The van der Waals surface area contributed by atoms with Crippen molar-refractivity contribution in [1.29, 1.82) is 0 Å². The quantitative estimate of drug-likeness (QED) is 0.716. The van der Waals surface area contributed by atoms with Crippen molar-refractivity contribution in [2.75, 3.05) is 6.61 Å². The Hall–Kier alpha value is -2.41. The number of carboxylic acids is 1. The van der Waals surface area contributed by atoms with E-state index in [1.54, 1.807) is 12.3 Å². The summed E-state index contributed by atoms with van der Waals surface area (Å²) in [7, 11) is 0. The van der Waals surface area contributed by atoms with Crippen LogP contribution in [0.3, 0.4) is 0 Å². The van der Waals surface area contributed by atoms with Crippen LogP contribution in [0, 0.1) is 5.82 Å². The highest BCUT2D eigenvalue weighted by molar-refractivity contribution is 5.90. The predicted molar refractivity (Wildman–Crippen MR) is 91.8 cm³/mol. The van der Waals surface area contributed by atoms with E-state index in [2.05, 4.69) is 10.3 Å². The van der Waals surface area contributed by atoms with Gasteiger partial charge >= 0.3 is 5.97 Å². The van der Waals surface area contributed by atoms with Crippen molar-refractivity contribution in [3.63, 3.8) is 0 Å². The molecule has 1 heterocycles. The van der Waals surface area contributed by atoms with Crippen LogP contribution in [-0.4, -0.2) is 40.2 Å². The Labute approximate surface area is 145 Å². The number of hydrogen-bond acceptors (Lipinski definition) is 3. The van der Waals surface area contributed by atoms with E-state index >= 15 is 0 Å². The van der Waals surface area contributed by atoms with Crippen LogP contribution in [0.15, 0.2) is 24.4 Å². The Kier molecular flexibility index (Phi) is 5.79. The Balaban J connectivity index is 1.97. The lowest BCUT2D eigenvalue weighted by Crippen LogP contribution is -2.42. The van der Waals surface area contributed by atoms with Gasteiger partial charge in [0.05, 0.1) is 12.0 Å². The van der Waals surface area contributed by atoms with Crippen molar-refractivity contribution in [1.82, 2.24) is 10.3 Å². The summed E-state index contributed by atoms with van der Waals surface area (Å²) >= 11 is 0. The fourth-order valence-corrected chi connectivity index (χ4v) is 2.46. The molecule has 7 heteroatoms. The molecule has 0 fully saturated rings. The lowest BCUT2D eigenvalue weighted by molar-refractivity contribution is -0.142. The van der Waals surface area contributed by atoms with Gasteiger partial charge in [-0.05, 0) is 44.5 Å². The number of carboxylic acid groups (broad SMARTS) is 1. The molecule has 1 atom stereocenters.